The molecule has 7 nitrogen and oxygen atoms in total. The fourth-order valence-corrected chi connectivity index (χ4v) is 4.54. The molecule has 4 heterocycles. The lowest BCUT2D eigenvalue weighted by atomic mass is 10.1. The third-order valence-corrected chi connectivity index (χ3v) is 6.05. The highest BCUT2D eigenvalue weighted by molar-refractivity contribution is 7.12. The van der Waals surface area contributed by atoms with Crippen molar-refractivity contribution in [3.05, 3.63) is 57.7 Å². The SMILES string of the molecule is Cc1cc(NC(=O)Cc2cccs2)n(-c2nc(-c3ccc4c(c3)OCO4)cs2)n1. The first-order chi connectivity index (χ1) is 14.2. The maximum atomic E-state index is 12.4. The number of fused-ring (bicyclic) bond motifs is 1. The molecule has 9 heteroatoms. The van der Waals surface area contributed by atoms with Gasteiger partial charge in [-0.3, -0.25) is 4.79 Å². The van der Waals surface area contributed by atoms with E-state index in [2.05, 4.69) is 10.4 Å². The van der Waals surface area contributed by atoms with Gasteiger partial charge in [-0.2, -0.15) is 9.78 Å². The number of hydrogen-bond acceptors (Lipinski definition) is 7. The number of aromatic nitrogens is 3. The van der Waals surface area contributed by atoms with Crippen LogP contribution in [0.25, 0.3) is 16.4 Å². The highest BCUT2D eigenvalue weighted by Crippen LogP contribution is 2.36. The summed E-state index contributed by atoms with van der Waals surface area (Å²) in [4.78, 5) is 18.1. The average molecular weight is 425 g/mol. The van der Waals surface area contributed by atoms with E-state index in [1.54, 1.807) is 16.0 Å². The molecule has 0 aliphatic carbocycles. The van der Waals surface area contributed by atoms with Crippen LogP contribution < -0.4 is 14.8 Å². The van der Waals surface area contributed by atoms with E-state index in [9.17, 15) is 4.79 Å². The molecule has 0 saturated carbocycles. The van der Waals surface area contributed by atoms with Crippen LogP contribution in [0.1, 0.15) is 10.6 Å². The van der Waals surface area contributed by atoms with Gasteiger partial charge >= 0.3 is 0 Å². The molecular weight excluding hydrogens is 408 g/mol. The zero-order chi connectivity index (χ0) is 19.8. The summed E-state index contributed by atoms with van der Waals surface area (Å²) in [6.45, 7) is 2.12. The molecule has 3 aromatic heterocycles. The second-order valence-electron chi connectivity index (χ2n) is 6.47. The average Bonchev–Trinajstić information content (AvgIpc) is 3.48. The second-order valence-corrected chi connectivity index (χ2v) is 8.34. The van der Waals surface area contributed by atoms with E-state index in [0.717, 1.165) is 27.6 Å². The Kier molecular flexibility index (Phi) is 4.53. The topological polar surface area (TPSA) is 78.3 Å². The van der Waals surface area contributed by atoms with Crippen LogP contribution in [0.4, 0.5) is 5.82 Å². The van der Waals surface area contributed by atoms with Crippen molar-refractivity contribution in [2.75, 3.05) is 12.1 Å². The van der Waals surface area contributed by atoms with Gasteiger partial charge in [0, 0.05) is 21.9 Å². The summed E-state index contributed by atoms with van der Waals surface area (Å²) < 4.78 is 12.5. The maximum Gasteiger partial charge on any atom is 0.231 e. The molecule has 0 radical (unpaired) electrons. The number of thiazole rings is 1. The van der Waals surface area contributed by atoms with Crippen LogP contribution in [0.2, 0.25) is 0 Å². The Morgan fingerprint density at radius 3 is 2.97 bits per heavy atom. The summed E-state index contributed by atoms with van der Waals surface area (Å²) in [5.74, 6) is 1.98. The molecule has 1 aromatic carbocycles. The number of rotatable bonds is 5. The molecule has 1 aliphatic rings. The van der Waals surface area contributed by atoms with Crippen molar-refractivity contribution in [3.63, 3.8) is 0 Å². The van der Waals surface area contributed by atoms with Crippen LogP contribution in [-0.4, -0.2) is 27.5 Å². The number of ether oxygens (including phenoxy) is 2. The van der Waals surface area contributed by atoms with Crippen LogP contribution >= 0.6 is 22.7 Å². The molecule has 0 atom stereocenters. The van der Waals surface area contributed by atoms with Crippen LogP contribution in [0, 0.1) is 6.92 Å². The first-order valence-electron chi connectivity index (χ1n) is 8.90. The first kappa shape index (κ1) is 17.9. The molecule has 29 heavy (non-hydrogen) atoms. The summed E-state index contributed by atoms with van der Waals surface area (Å²) in [6.07, 6.45) is 0.336. The van der Waals surface area contributed by atoms with Crippen molar-refractivity contribution in [2.45, 2.75) is 13.3 Å². The first-order valence-corrected chi connectivity index (χ1v) is 10.7. The quantitative estimate of drug-likeness (QED) is 0.517. The Labute approximate surface area is 174 Å². The van der Waals surface area contributed by atoms with E-state index < -0.39 is 0 Å². The van der Waals surface area contributed by atoms with E-state index >= 15 is 0 Å². The summed E-state index contributed by atoms with van der Waals surface area (Å²) in [5, 5.41) is 12.1. The van der Waals surface area contributed by atoms with Crippen molar-refractivity contribution < 1.29 is 14.3 Å². The molecule has 1 aliphatic heterocycles. The van der Waals surface area contributed by atoms with Crippen molar-refractivity contribution >= 4 is 34.4 Å². The summed E-state index contributed by atoms with van der Waals surface area (Å²) >= 11 is 3.02. The van der Waals surface area contributed by atoms with E-state index in [1.807, 2.05) is 54.1 Å². The molecule has 1 amide bonds. The molecule has 0 fully saturated rings. The number of aryl methyl sites for hydroxylation is 1. The molecule has 0 bridgehead atoms. The van der Waals surface area contributed by atoms with Gasteiger partial charge in [0.1, 0.15) is 5.82 Å². The molecule has 0 saturated heterocycles. The van der Waals surface area contributed by atoms with Gasteiger partial charge in [-0.05, 0) is 36.6 Å². The lowest BCUT2D eigenvalue weighted by molar-refractivity contribution is -0.115. The van der Waals surface area contributed by atoms with Crippen molar-refractivity contribution in [1.29, 1.82) is 0 Å². The van der Waals surface area contributed by atoms with Gasteiger partial charge in [-0.15, -0.1) is 22.7 Å². The Hall–Kier alpha value is -3.17. The number of thiophene rings is 1. The molecule has 146 valence electrons. The van der Waals surface area contributed by atoms with E-state index in [0.29, 0.717) is 23.1 Å². The summed E-state index contributed by atoms with van der Waals surface area (Å²) in [6, 6.07) is 11.5. The number of carbonyl (C=O) groups excluding carboxylic acids is 1. The lowest BCUT2D eigenvalue weighted by Gasteiger charge is -2.06. The third-order valence-electron chi connectivity index (χ3n) is 4.36. The standard InChI is InChI=1S/C20H16N4O3S2/c1-12-7-18(22-19(25)9-14-3-2-6-28-14)24(23-12)20-21-15(10-29-20)13-4-5-16-17(8-13)27-11-26-16/h2-8,10H,9,11H2,1H3,(H,22,25). The van der Waals surface area contributed by atoms with Gasteiger partial charge in [0.2, 0.25) is 17.8 Å². The minimum Gasteiger partial charge on any atom is -0.454 e. The van der Waals surface area contributed by atoms with Crippen LogP contribution in [-0.2, 0) is 11.2 Å². The highest BCUT2D eigenvalue weighted by Gasteiger charge is 2.17. The van der Waals surface area contributed by atoms with Crippen LogP contribution in [0.5, 0.6) is 11.5 Å². The minimum absolute atomic E-state index is 0.0823. The zero-order valence-electron chi connectivity index (χ0n) is 15.4. The number of nitrogens with one attached hydrogen (secondary N) is 1. The molecule has 4 aromatic rings. The molecule has 0 spiro atoms. The van der Waals surface area contributed by atoms with E-state index in [4.69, 9.17) is 14.5 Å². The van der Waals surface area contributed by atoms with Gasteiger partial charge in [0.05, 0.1) is 17.8 Å². The Balaban J connectivity index is 1.40. The molecular formula is C20H16N4O3S2. The van der Waals surface area contributed by atoms with Crippen molar-refractivity contribution in [2.24, 2.45) is 0 Å². The summed E-state index contributed by atoms with van der Waals surface area (Å²) in [5.41, 5.74) is 2.55. The Morgan fingerprint density at radius 1 is 1.21 bits per heavy atom. The van der Waals surface area contributed by atoms with Gasteiger partial charge in [0.25, 0.3) is 0 Å². The number of carbonyl (C=O) groups is 1. The Bertz CT molecular complexity index is 1180. The predicted molar refractivity (Wildman–Crippen MR) is 112 cm³/mol. The number of nitrogens with zero attached hydrogens (tertiary/aromatic N) is 3. The molecule has 0 unspecified atom stereocenters. The largest absolute Gasteiger partial charge is 0.454 e. The second kappa shape index (κ2) is 7.34. The van der Waals surface area contributed by atoms with Gasteiger partial charge in [0.15, 0.2) is 11.5 Å². The maximum absolute atomic E-state index is 12.4. The van der Waals surface area contributed by atoms with Gasteiger partial charge in [-0.1, -0.05) is 6.07 Å². The van der Waals surface area contributed by atoms with Crippen molar-refractivity contribution in [1.82, 2.24) is 14.8 Å². The van der Waals surface area contributed by atoms with E-state index in [-0.39, 0.29) is 12.7 Å². The van der Waals surface area contributed by atoms with E-state index in [1.165, 1.54) is 11.3 Å². The fraction of sp³-hybridized carbons (Fsp3) is 0.150. The molecule has 1 N–H and O–H groups in total. The number of benzene rings is 1. The van der Waals surface area contributed by atoms with Crippen LogP contribution in [0.15, 0.2) is 47.2 Å². The Morgan fingerprint density at radius 2 is 2.10 bits per heavy atom. The normalized spacial score (nSPS) is 12.3. The third kappa shape index (κ3) is 3.62. The fourth-order valence-electron chi connectivity index (χ4n) is 3.04. The monoisotopic (exact) mass is 424 g/mol. The minimum atomic E-state index is -0.0823. The number of anilines is 1. The van der Waals surface area contributed by atoms with Gasteiger partial charge < -0.3 is 14.8 Å². The smallest absolute Gasteiger partial charge is 0.231 e. The van der Waals surface area contributed by atoms with Crippen LogP contribution in [0.3, 0.4) is 0 Å². The number of amides is 1. The van der Waals surface area contributed by atoms with Gasteiger partial charge in [-0.25, -0.2) is 4.98 Å². The lowest BCUT2D eigenvalue weighted by Crippen LogP contribution is -2.16. The molecule has 5 rings (SSSR count). The highest BCUT2D eigenvalue weighted by atomic mass is 32.1. The predicted octanol–water partition coefficient (Wildman–Crippen LogP) is 4.28. The number of hydrogen-bond donors (Lipinski definition) is 1. The van der Waals surface area contributed by atoms with Crippen molar-refractivity contribution in [3.8, 4) is 27.9 Å². The summed E-state index contributed by atoms with van der Waals surface area (Å²) in [7, 11) is 0. The zero-order valence-corrected chi connectivity index (χ0v) is 17.0.